The minimum atomic E-state index is -0.0952. The first-order valence-electron chi connectivity index (χ1n) is 6.05. The summed E-state index contributed by atoms with van der Waals surface area (Å²) in [5.41, 5.74) is 2.56. The molecule has 0 saturated carbocycles. The monoisotopic (exact) mass is 305 g/mol. The van der Waals surface area contributed by atoms with Crippen molar-refractivity contribution in [2.75, 3.05) is 7.05 Å². The normalized spacial score (nSPS) is 10.8. The summed E-state index contributed by atoms with van der Waals surface area (Å²) in [5, 5.41) is 3.79. The Morgan fingerprint density at radius 1 is 0.950 bits per heavy atom. The summed E-state index contributed by atoms with van der Waals surface area (Å²) < 4.78 is 0. The van der Waals surface area contributed by atoms with Gasteiger partial charge in [0.2, 0.25) is 0 Å². The second-order valence-corrected chi connectivity index (χ2v) is 5.11. The van der Waals surface area contributed by atoms with E-state index in [0.29, 0.717) is 15.6 Å². The van der Waals surface area contributed by atoms with Gasteiger partial charge in [-0.05, 0) is 41.5 Å². The maximum absolute atomic E-state index is 11.4. The highest BCUT2D eigenvalue weighted by atomic mass is 35.5. The molecule has 0 spiro atoms. The molecule has 0 aliphatic heterocycles. The molecule has 0 aliphatic carbocycles. The van der Waals surface area contributed by atoms with Crippen molar-refractivity contribution in [3.63, 3.8) is 0 Å². The lowest BCUT2D eigenvalue weighted by Crippen LogP contribution is -2.17. The number of amides is 1. The van der Waals surface area contributed by atoms with Crippen molar-refractivity contribution in [2.24, 2.45) is 0 Å². The van der Waals surface area contributed by atoms with E-state index in [1.807, 2.05) is 36.4 Å². The van der Waals surface area contributed by atoms with Gasteiger partial charge in [0.25, 0.3) is 5.91 Å². The highest BCUT2D eigenvalue weighted by Crippen LogP contribution is 2.20. The third kappa shape index (κ3) is 3.86. The molecule has 0 bridgehead atoms. The van der Waals surface area contributed by atoms with Crippen molar-refractivity contribution in [2.45, 2.75) is 0 Å². The number of nitrogens with one attached hydrogen (secondary N) is 1. The smallest absolute Gasteiger partial charge is 0.251 e. The van der Waals surface area contributed by atoms with E-state index in [9.17, 15) is 4.79 Å². The Morgan fingerprint density at radius 2 is 1.50 bits per heavy atom. The second-order valence-electron chi connectivity index (χ2n) is 4.24. The average Bonchev–Trinajstić information content (AvgIpc) is 2.44. The van der Waals surface area contributed by atoms with Crippen LogP contribution in [0.15, 0.2) is 42.5 Å². The van der Waals surface area contributed by atoms with E-state index in [1.54, 1.807) is 25.2 Å². The third-order valence-electron chi connectivity index (χ3n) is 2.75. The van der Waals surface area contributed by atoms with Gasteiger partial charge in [0.1, 0.15) is 0 Å². The van der Waals surface area contributed by atoms with Crippen molar-refractivity contribution in [1.29, 1.82) is 0 Å². The first-order chi connectivity index (χ1) is 9.58. The maximum atomic E-state index is 11.4. The van der Waals surface area contributed by atoms with Crippen LogP contribution < -0.4 is 5.32 Å². The quantitative estimate of drug-likeness (QED) is 0.830. The summed E-state index contributed by atoms with van der Waals surface area (Å²) in [5.74, 6) is -0.0952. The van der Waals surface area contributed by atoms with Gasteiger partial charge in [-0.1, -0.05) is 47.5 Å². The molecular formula is C16H13Cl2NO. The van der Waals surface area contributed by atoms with Crippen LogP contribution in [0.4, 0.5) is 0 Å². The molecular weight excluding hydrogens is 293 g/mol. The van der Waals surface area contributed by atoms with E-state index in [4.69, 9.17) is 23.2 Å². The minimum Gasteiger partial charge on any atom is -0.355 e. The van der Waals surface area contributed by atoms with E-state index in [1.165, 1.54) is 0 Å². The van der Waals surface area contributed by atoms with Crippen molar-refractivity contribution < 1.29 is 4.79 Å². The SMILES string of the molecule is CNC(=O)c1ccc(/C=C/c2cc(Cl)cc(Cl)c2)cc1. The van der Waals surface area contributed by atoms with Gasteiger partial charge in [0, 0.05) is 22.7 Å². The zero-order chi connectivity index (χ0) is 14.5. The Kier molecular flexibility index (Phi) is 4.83. The molecule has 0 unspecified atom stereocenters. The molecule has 2 aromatic rings. The lowest BCUT2D eigenvalue weighted by Gasteiger charge is -2.00. The molecule has 2 aromatic carbocycles. The predicted octanol–water partition coefficient (Wildman–Crippen LogP) is 4.52. The van der Waals surface area contributed by atoms with Gasteiger partial charge in [-0.3, -0.25) is 4.79 Å². The molecule has 20 heavy (non-hydrogen) atoms. The van der Waals surface area contributed by atoms with Crippen LogP contribution >= 0.6 is 23.2 Å². The van der Waals surface area contributed by atoms with Crippen LogP contribution in [0.3, 0.4) is 0 Å². The lowest BCUT2D eigenvalue weighted by molar-refractivity contribution is 0.0963. The van der Waals surface area contributed by atoms with E-state index in [-0.39, 0.29) is 5.91 Å². The fourth-order valence-corrected chi connectivity index (χ4v) is 2.30. The number of carbonyl (C=O) groups excluding carboxylic acids is 1. The summed E-state index contributed by atoms with van der Waals surface area (Å²) in [7, 11) is 1.61. The number of carbonyl (C=O) groups is 1. The number of benzene rings is 2. The molecule has 0 aromatic heterocycles. The zero-order valence-corrected chi connectivity index (χ0v) is 12.4. The molecule has 1 N–H and O–H groups in total. The molecule has 4 heteroatoms. The summed E-state index contributed by atoms with van der Waals surface area (Å²) in [6.45, 7) is 0. The Bertz CT molecular complexity index is 628. The van der Waals surface area contributed by atoms with Gasteiger partial charge in [-0.15, -0.1) is 0 Å². The van der Waals surface area contributed by atoms with Crippen molar-refractivity contribution in [3.8, 4) is 0 Å². The van der Waals surface area contributed by atoms with Crippen LogP contribution in [-0.4, -0.2) is 13.0 Å². The van der Waals surface area contributed by atoms with E-state index in [0.717, 1.165) is 11.1 Å². The summed E-state index contributed by atoms with van der Waals surface area (Å²) in [4.78, 5) is 11.4. The summed E-state index contributed by atoms with van der Waals surface area (Å²) in [6, 6.07) is 12.7. The van der Waals surface area contributed by atoms with Gasteiger partial charge in [0.05, 0.1) is 0 Å². The van der Waals surface area contributed by atoms with Gasteiger partial charge in [-0.2, -0.15) is 0 Å². The first-order valence-corrected chi connectivity index (χ1v) is 6.80. The Balaban J connectivity index is 2.17. The fraction of sp³-hybridized carbons (Fsp3) is 0.0625. The predicted molar refractivity (Wildman–Crippen MR) is 85.2 cm³/mol. The number of hydrogen-bond donors (Lipinski definition) is 1. The third-order valence-corrected chi connectivity index (χ3v) is 3.19. The molecule has 1 amide bonds. The van der Waals surface area contributed by atoms with Crippen LogP contribution in [0.1, 0.15) is 21.5 Å². The molecule has 0 saturated heterocycles. The molecule has 0 heterocycles. The van der Waals surface area contributed by atoms with Crippen molar-refractivity contribution in [3.05, 3.63) is 69.2 Å². The van der Waals surface area contributed by atoms with Gasteiger partial charge >= 0.3 is 0 Å². The molecule has 102 valence electrons. The second kappa shape index (κ2) is 6.60. The minimum absolute atomic E-state index is 0.0952. The molecule has 0 fully saturated rings. The summed E-state index contributed by atoms with van der Waals surface area (Å²) >= 11 is 11.9. The lowest BCUT2D eigenvalue weighted by atomic mass is 10.1. The van der Waals surface area contributed by atoms with Gasteiger partial charge in [-0.25, -0.2) is 0 Å². The van der Waals surface area contributed by atoms with E-state index < -0.39 is 0 Å². The zero-order valence-electron chi connectivity index (χ0n) is 10.9. The topological polar surface area (TPSA) is 29.1 Å². The van der Waals surface area contributed by atoms with Crippen LogP contribution in [0.25, 0.3) is 12.2 Å². The first kappa shape index (κ1) is 14.6. The molecule has 0 aliphatic rings. The van der Waals surface area contributed by atoms with Crippen molar-refractivity contribution in [1.82, 2.24) is 5.32 Å². The molecule has 2 nitrogen and oxygen atoms in total. The fourth-order valence-electron chi connectivity index (χ4n) is 1.75. The summed E-state index contributed by atoms with van der Waals surface area (Å²) in [6.07, 6.45) is 3.86. The Hall–Kier alpha value is -1.77. The molecule has 0 radical (unpaired) electrons. The standard InChI is InChI=1S/C16H13Cl2NO/c1-19-16(20)13-6-4-11(5-7-13)2-3-12-8-14(17)10-15(18)9-12/h2-10H,1H3,(H,19,20)/b3-2+. The van der Waals surface area contributed by atoms with Crippen LogP contribution in [0, 0.1) is 0 Å². The van der Waals surface area contributed by atoms with Crippen LogP contribution in [0.5, 0.6) is 0 Å². The highest BCUT2D eigenvalue weighted by Gasteiger charge is 2.01. The molecule has 0 atom stereocenters. The van der Waals surface area contributed by atoms with Gasteiger partial charge in [0.15, 0.2) is 0 Å². The van der Waals surface area contributed by atoms with E-state index >= 15 is 0 Å². The number of hydrogen-bond acceptors (Lipinski definition) is 1. The number of rotatable bonds is 3. The largest absolute Gasteiger partial charge is 0.355 e. The van der Waals surface area contributed by atoms with E-state index in [2.05, 4.69) is 5.32 Å². The van der Waals surface area contributed by atoms with Crippen molar-refractivity contribution >= 4 is 41.3 Å². The van der Waals surface area contributed by atoms with Crippen LogP contribution in [0.2, 0.25) is 10.0 Å². The number of halogens is 2. The Morgan fingerprint density at radius 3 is 2.05 bits per heavy atom. The highest BCUT2D eigenvalue weighted by molar-refractivity contribution is 6.34. The van der Waals surface area contributed by atoms with Gasteiger partial charge < -0.3 is 5.32 Å². The Labute approximate surface area is 128 Å². The molecule has 2 rings (SSSR count). The van der Waals surface area contributed by atoms with Crippen LogP contribution in [-0.2, 0) is 0 Å². The maximum Gasteiger partial charge on any atom is 0.251 e. The average molecular weight is 306 g/mol.